The van der Waals surface area contributed by atoms with Gasteiger partial charge in [-0.15, -0.1) is 11.3 Å². The van der Waals surface area contributed by atoms with Crippen LogP contribution in [0.3, 0.4) is 0 Å². The van der Waals surface area contributed by atoms with Crippen molar-refractivity contribution in [2.24, 2.45) is 10.7 Å². The smallest absolute Gasteiger partial charge is 0.144 e. The maximum Gasteiger partial charge on any atom is 0.144 e. The number of aromatic nitrogens is 2. The molecule has 2 heterocycles. The second-order valence-electron chi connectivity index (χ2n) is 5.11. The highest BCUT2D eigenvalue weighted by Crippen LogP contribution is 2.30. The molecular weight excluding hydrogens is 377 g/mol. The van der Waals surface area contributed by atoms with Gasteiger partial charge in [0, 0.05) is 23.2 Å². The van der Waals surface area contributed by atoms with Gasteiger partial charge in [0.15, 0.2) is 0 Å². The lowest BCUT2D eigenvalue weighted by Gasteiger charge is -2.02. The van der Waals surface area contributed by atoms with Gasteiger partial charge in [-0.25, -0.2) is 15.0 Å². The summed E-state index contributed by atoms with van der Waals surface area (Å²) in [5.41, 5.74) is 8.72. The number of pyridine rings is 1. The molecule has 1 aromatic carbocycles. The third-order valence-electron chi connectivity index (χ3n) is 3.39. The van der Waals surface area contributed by atoms with Crippen LogP contribution in [0, 0.1) is 5.41 Å². The van der Waals surface area contributed by atoms with Gasteiger partial charge in [0.1, 0.15) is 22.3 Å². The molecule has 126 valence electrons. The summed E-state index contributed by atoms with van der Waals surface area (Å²) < 4.78 is 0. The molecule has 0 aliphatic carbocycles. The van der Waals surface area contributed by atoms with E-state index >= 15 is 0 Å². The van der Waals surface area contributed by atoms with Gasteiger partial charge in [0.05, 0.1) is 10.6 Å². The predicted octanol–water partition coefficient (Wildman–Crippen LogP) is 4.42. The Bertz CT molecular complexity index is 934. The van der Waals surface area contributed by atoms with Gasteiger partial charge in [0.25, 0.3) is 0 Å². The Morgan fingerprint density at radius 3 is 2.68 bits per heavy atom. The zero-order valence-corrected chi connectivity index (χ0v) is 15.2. The van der Waals surface area contributed by atoms with E-state index in [0.29, 0.717) is 16.6 Å². The van der Waals surface area contributed by atoms with Crippen molar-refractivity contribution in [3.05, 3.63) is 68.9 Å². The first-order valence-corrected chi connectivity index (χ1v) is 8.82. The first kappa shape index (κ1) is 17.5. The van der Waals surface area contributed by atoms with Crippen LogP contribution < -0.4 is 5.73 Å². The summed E-state index contributed by atoms with van der Waals surface area (Å²) in [4.78, 5) is 13.3. The van der Waals surface area contributed by atoms with Crippen LogP contribution in [0.5, 0.6) is 0 Å². The standard InChI is InChI=1S/C17H13Cl2N5S/c18-12-3-1-10(2-4-12)7-13-15(16(21)23-9-20)25-17(24-13)11-5-6-22-14(19)8-11/h1-6,8-9H,7H2,(H3,20,21,23). The summed E-state index contributed by atoms with van der Waals surface area (Å²) in [6.45, 7) is 0. The highest BCUT2D eigenvalue weighted by atomic mass is 35.5. The quantitative estimate of drug-likeness (QED) is 0.384. The lowest BCUT2D eigenvalue weighted by Crippen LogP contribution is -2.14. The highest BCUT2D eigenvalue weighted by molar-refractivity contribution is 7.17. The fraction of sp³-hybridized carbons (Fsp3) is 0.0588. The molecule has 0 unspecified atom stereocenters. The lowest BCUT2D eigenvalue weighted by atomic mass is 10.1. The van der Waals surface area contributed by atoms with Crippen molar-refractivity contribution in [3.63, 3.8) is 0 Å². The van der Waals surface area contributed by atoms with E-state index in [1.807, 2.05) is 30.3 Å². The van der Waals surface area contributed by atoms with Crippen LogP contribution in [0.25, 0.3) is 10.6 Å². The average molecular weight is 390 g/mol. The van der Waals surface area contributed by atoms with E-state index < -0.39 is 0 Å². The minimum absolute atomic E-state index is 0.267. The van der Waals surface area contributed by atoms with Crippen molar-refractivity contribution >= 4 is 46.7 Å². The summed E-state index contributed by atoms with van der Waals surface area (Å²) in [5, 5.41) is 9.00. The van der Waals surface area contributed by atoms with Gasteiger partial charge in [-0.1, -0.05) is 35.3 Å². The number of hydrogen-bond donors (Lipinski definition) is 2. The molecule has 3 N–H and O–H groups in total. The molecule has 8 heteroatoms. The van der Waals surface area contributed by atoms with Crippen molar-refractivity contribution in [1.29, 1.82) is 5.41 Å². The molecule has 0 amide bonds. The first-order valence-electron chi connectivity index (χ1n) is 7.25. The second-order valence-corrected chi connectivity index (χ2v) is 6.93. The van der Waals surface area contributed by atoms with Crippen LogP contribution in [0.2, 0.25) is 10.2 Å². The zero-order valence-electron chi connectivity index (χ0n) is 12.9. The van der Waals surface area contributed by atoms with E-state index in [4.69, 9.17) is 39.3 Å². The molecule has 0 fully saturated rings. The van der Waals surface area contributed by atoms with Crippen molar-refractivity contribution in [3.8, 4) is 10.6 Å². The summed E-state index contributed by atoms with van der Waals surface area (Å²) in [7, 11) is 0. The number of halogens is 2. The largest absolute Gasteiger partial charge is 0.382 e. The number of benzene rings is 1. The number of amidine groups is 1. The zero-order chi connectivity index (χ0) is 17.8. The SMILES string of the molecule is N=CN=C(N)c1sc(-c2ccnc(Cl)c2)nc1Cc1ccc(Cl)cc1. The Morgan fingerprint density at radius 1 is 1.24 bits per heavy atom. The molecule has 0 atom stereocenters. The predicted molar refractivity (Wildman–Crippen MR) is 104 cm³/mol. The molecule has 3 rings (SSSR count). The molecule has 25 heavy (non-hydrogen) atoms. The van der Waals surface area contributed by atoms with Gasteiger partial charge in [-0.3, -0.25) is 5.41 Å². The minimum Gasteiger partial charge on any atom is -0.382 e. The lowest BCUT2D eigenvalue weighted by molar-refractivity contribution is 1.10. The highest BCUT2D eigenvalue weighted by Gasteiger charge is 2.16. The normalized spacial score (nSPS) is 11.5. The molecule has 0 bridgehead atoms. The fourth-order valence-corrected chi connectivity index (χ4v) is 3.54. The maximum absolute atomic E-state index is 7.15. The number of hydrogen-bond acceptors (Lipinski definition) is 4. The summed E-state index contributed by atoms with van der Waals surface area (Å²) in [5.74, 6) is 0.267. The Hall–Kier alpha value is -2.28. The Morgan fingerprint density at radius 2 is 2.00 bits per heavy atom. The number of rotatable bonds is 5. The van der Waals surface area contributed by atoms with E-state index in [9.17, 15) is 0 Å². The Balaban J connectivity index is 2.04. The monoisotopic (exact) mass is 389 g/mol. The van der Waals surface area contributed by atoms with Gasteiger partial charge >= 0.3 is 0 Å². The Labute approximate surface area is 158 Å². The van der Waals surface area contributed by atoms with Crippen LogP contribution in [0.1, 0.15) is 16.1 Å². The summed E-state index contributed by atoms with van der Waals surface area (Å²) in [6, 6.07) is 11.1. The molecule has 0 saturated heterocycles. The molecule has 0 saturated carbocycles. The van der Waals surface area contributed by atoms with Crippen molar-refractivity contribution < 1.29 is 0 Å². The molecule has 2 aromatic heterocycles. The Kier molecular flexibility index (Phi) is 5.43. The molecular formula is C17H13Cl2N5S. The van der Waals surface area contributed by atoms with E-state index in [1.54, 1.807) is 12.3 Å². The van der Waals surface area contributed by atoms with Crippen molar-refractivity contribution in [2.75, 3.05) is 0 Å². The second kappa shape index (κ2) is 7.74. The number of thiazole rings is 1. The summed E-state index contributed by atoms with van der Waals surface area (Å²) >= 11 is 13.3. The maximum atomic E-state index is 7.15. The van der Waals surface area contributed by atoms with Crippen LogP contribution in [-0.4, -0.2) is 22.1 Å². The van der Waals surface area contributed by atoms with Gasteiger partial charge < -0.3 is 5.73 Å². The van der Waals surface area contributed by atoms with E-state index in [-0.39, 0.29) is 5.84 Å². The topological polar surface area (TPSA) is 88.0 Å². The van der Waals surface area contributed by atoms with Gasteiger partial charge in [-0.2, -0.15) is 0 Å². The number of nitrogens with one attached hydrogen (secondary N) is 1. The van der Waals surface area contributed by atoms with Gasteiger partial charge in [-0.05, 0) is 29.8 Å². The van der Waals surface area contributed by atoms with Crippen molar-refractivity contribution in [2.45, 2.75) is 6.42 Å². The number of aliphatic imine (C=N–C) groups is 1. The first-order chi connectivity index (χ1) is 12.1. The van der Waals surface area contributed by atoms with E-state index in [1.165, 1.54) is 11.3 Å². The van der Waals surface area contributed by atoms with E-state index in [0.717, 1.165) is 33.0 Å². The molecule has 0 aliphatic heterocycles. The molecule has 3 aromatic rings. The number of nitrogens with zero attached hydrogens (tertiary/aromatic N) is 3. The van der Waals surface area contributed by atoms with Gasteiger partial charge in [0.2, 0.25) is 0 Å². The fourth-order valence-electron chi connectivity index (χ4n) is 2.25. The third kappa shape index (κ3) is 4.22. The molecule has 0 spiro atoms. The molecule has 0 radical (unpaired) electrons. The van der Waals surface area contributed by atoms with Crippen LogP contribution in [0.4, 0.5) is 0 Å². The molecule has 0 aliphatic rings. The number of nitrogens with two attached hydrogens (primary N) is 1. The van der Waals surface area contributed by atoms with Crippen LogP contribution in [-0.2, 0) is 6.42 Å². The van der Waals surface area contributed by atoms with E-state index in [2.05, 4.69) is 9.98 Å². The van der Waals surface area contributed by atoms with Crippen LogP contribution >= 0.6 is 34.5 Å². The van der Waals surface area contributed by atoms with Crippen molar-refractivity contribution in [1.82, 2.24) is 9.97 Å². The average Bonchev–Trinajstić information content (AvgIpc) is 3.01. The molecule has 5 nitrogen and oxygen atoms in total. The summed E-state index contributed by atoms with van der Waals surface area (Å²) in [6.07, 6.45) is 3.13. The van der Waals surface area contributed by atoms with Crippen LogP contribution in [0.15, 0.2) is 47.6 Å². The third-order valence-corrected chi connectivity index (χ3v) is 5.02. The minimum atomic E-state index is 0.267.